The summed E-state index contributed by atoms with van der Waals surface area (Å²) in [6.07, 6.45) is 9.06. The Morgan fingerprint density at radius 2 is 1.64 bits per heavy atom. The van der Waals surface area contributed by atoms with Crippen LogP contribution in [0.4, 0.5) is 0 Å². The van der Waals surface area contributed by atoms with Gasteiger partial charge in [-0.05, 0) is 12.3 Å². The largest absolute Gasteiger partial charge is 0.271 e. The Kier molecular flexibility index (Phi) is 9.42. The molecule has 3 N–H and O–H groups in total. The lowest BCUT2D eigenvalue weighted by molar-refractivity contribution is 0.313. The average molecular weight is 200 g/mol. The zero-order chi connectivity index (χ0) is 10.8. The fourth-order valence-corrected chi connectivity index (χ4v) is 2.10. The first-order valence-electron chi connectivity index (χ1n) is 6.26. The minimum atomic E-state index is 0.529. The molecule has 0 amide bonds. The standard InChI is InChI=1S/C12H28N2/c1-4-7-8-9-10-12(14-13)11(5-2)6-3/h11-12,14H,4-10,13H2,1-3H3. The van der Waals surface area contributed by atoms with Crippen LogP contribution in [0.5, 0.6) is 0 Å². The second-order valence-corrected chi connectivity index (χ2v) is 4.20. The monoisotopic (exact) mass is 200 g/mol. The normalized spacial score (nSPS) is 13.5. The van der Waals surface area contributed by atoms with E-state index in [0.717, 1.165) is 5.92 Å². The van der Waals surface area contributed by atoms with E-state index in [1.807, 2.05) is 0 Å². The van der Waals surface area contributed by atoms with Gasteiger partial charge in [0.25, 0.3) is 0 Å². The molecule has 1 atom stereocenters. The van der Waals surface area contributed by atoms with Gasteiger partial charge in [0.05, 0.1) is 0 Å². The maximum absolute atomic E-state index is 5.59. The highest BCUT2D eigenvalue weighted by molar-refractivity contribution is 4.72. The molecule has 0 bridgehead atoms. The van der Waals surface area contributed by atoms with Crippen LogP contribution < -0.4 is 11.3 Å². The van der Waals surface area contributed by atoms with Crippen molar-refractivity contribution in [2.75, 3.05) is 0 Å². The SMILES string of the molecule is CCCCCCC(NN)C(CC)CC. The molecule has 0 aliphatic heterocycles. The second-order valence-electron chi connectivity index (χ2n) is 4.20. The lowest BCUT2D eigenvalue weighted by atomic mass is 9.90. The lowest BCUT2D eigenvalue weighted by Crippen LogP contribution is -2.40. The van der Waals surface area contributed by atoms with E-state index >= 15 is 0 Å². The third kappa shape index (κ3) is 5.61. The van der Waals surface area contributed by atoms with E-state index in [9.17, 15) is 0 Å². The first-order chi connectivity index (χ1) is 6.79. The molecular formula is C12H28N2. The quantitative estimate of drug-likeness (QED) is 0.341. The Hall–Kier alpha value is -0.0800. The van der Waals surface area contributed by atoms with E-state index in [4.69, 9.17) is 5.84 Å². The van der Waals surface area contributed by atoms with Crippen LogP contribution in [-0.2, 0) is 0 Å². The van der Waals surface area contributed by atoms with E-state index in [1.165, 1.54) is 44.9 Å². The van der Waals surface area contributed by atoms with Crippen molar-refractivity contribution in [3.05, 3.63) is 0 Å². The third-order valence-electron chi connectivity index (χ3n) is 3.20. The summed E-state index contributed by atoms with van der Waals surface area (Å²) in [5.41, 5.74) is 2.98. The van der Waals surface area contributed by atoms with Crippen molar-refractivity contribution in [2.24, 2.45) is 11.8 Å². The molecule has 2 nitrogen and oxygen atoms in total. The molecule has 86 valence electrons. The molecule has 0 fully saturated rings. The zero-order valence-electron chi connectivity index (χ0n) is 10.2. The van der Waals surface area contributed by atoms with Gasteiger partial charge in [0.15, 0.2) is 0 Å². The third-order valence-corrected chi connectivity index (χ3v) is 3.20. The molecule has 0 saturated carbocycles. The number of hydrazine groups is 1. The van der Waals surface area contributed by atoms with Crippen LogP contribution in [0, 0.1) is 5.92 Å². The van der Waals surface area contributed by atoms with Gasteiger partial charge in [0, 0.05) is 6.04 Å². The van der Waals surface area contributed by atoms with Crippen molar-refractivity contribution >= 4 is 0 Å². The van der Waals surface area contributed by atoms with Crippen molar-refractivity contribution in [1.82, 2.24) is 5.43 Å². The summed E-state index contributed by atoms with van der Waals surface area (Å²) in [6, 6.07) is 0.529. The summed E-state index contributed by atoms with van der Waals surface area (Å²) < 4.78 is 0. The van der Waals surface area contributed by atoms with Gasteiger partial charge in [-0.1, -0.05) is 59.3 Å². The summed E-state index contributed by atoms with van der Waals surface area (Å²) >= 11 is 0. The van der Waals surface area contributed by atoms with Crippen LogP contribution in [0.15, 0.2) is 0 Å². The van der Waals surface area contributed by atoms with E-state index in [1.54, 1.807) is 0 Å². The van der Waals surface area contributed by atoms with Crippen LogP contribution in [0.3, 0.4) is 0 Å². The van der Waals surface area contributed by atoms with E-state index < -0.39 is 0 Å². The predicted octanol–water partition coefficient (Wildman–Crippen LogP) is 3.22. The molecule has 0 aromatic heterocycles. The maximum atomic E-state index is 5.59. The minimum absolute atomic E-state index is 0.529. The molecule has 0 aliphatic rings. The summed E-state index contributed by atoms with van der Waals surface area (Å²) in [6.45, 7) is 6.76. The van der Waals surface area contributed by atoms with Crippen molar-refractivity contribution in [1.29, 1.82) is 0 Å². The molecule has 0 aromatic carbocycles. The Labute approximate surface area is 89.6 Å². The summed E-state index contributed by atoms with van der Waals surface area (Å²) in [5.74, 6) is 6.34. The first-order valence-corrected chi connectivity index (χ1v) is 6.26. The lowest BCUT2D eigenvalue weighted by Gasteiger charge is -2.24. The van der Waals surface area contributed by atoms with Crippen molar-refractivity contribution in [3.8, 4) is 0 Å². The highest BCUT2D eigenvalue weighted by atomic mass is 15.2. The van der Waals surface area contributed by atoms with Gasteiger partial charge in [-0.3, -0.25) is 11.3 Å². The predicted molar refractivity (Wildman–Crippen MR) is 63.9 cm³/mol. The molecule has 0 saturated heterocycles. The molecule has 2 heteroatoms. The van der Waals surface area contributed by atoms with Crippen LogP contribution in [0.25, 0.3) is 0 Å². The Morgan fingerprint density at radius 3 is 2.07 bits per heavy atom. The van der Waals surface area contributed by atoms with Crippen molar-refractivity contribution in [2.45, 2.75) is 71.8 Å². The first kappa shape index (κ1) is 13.9. The number of rotatable bonds is 9. The zero-order valence-corrected chi connectivity index (χ0v) is 10.2. The Morgan fingerprint density at radius 1 is 1.00 bits per heavy atom. The average Bonchev–Trinajstić information content (AvgIpc) is 2.23. The maximum Gasteiger partial charge on any atom is 0.0238 e. The Balaban J connectivity index is 3.65. The molecule has 0 rings (SSSR count). The highest BCUT2D eigenvalue weighted by Gasteiger charge is 2.15. The van der Waals surface area contributed by atoms with E-state index in [0.29, 0.717) is 6.04 Å². The smallest absolute Gasteiger partial charge is 0.0238 e. The Bertz CT molecular complexity index is 111. The number of unbranched alkanes of at least 4 members (excludes halogenated alkanes) is 3. The van der Waals surface area contributed by atoms with Crippen LogP contribution in [0.1, 0.15) is 65.7 Å². The van der Waals surface area contributed by atoms with Gasteiger partial charge in [0.2, 0.25) is 0 Å². The van der Waals surface area contributed by atoms with Gasteiger partial charge in [-0.15, -0.1) is 0 Å². The fourth-order valence-electron chi connectivity index (χ4n) is 2.10. The molecular weight excluding hydrogens is 172 g/mol. The molecule has 0 spiro atoms. The van der Waals surface area contributed by atoms with Crippen molar-refractivity contribution in [3.63, 3.8) is 0 Å². The number of nitrogens with two attached hydrogens (primary N) is 1. The van der Waals surface area contributed by atoms with Gasteiger partial charge in [-0.2, -0.15) is 0 Å². The molecule has 1 unspecified atom stereocenters. The molecule has 0 radical (unpaired) electrons. The van der Waals surface area contributed by atoms with Gasteiger partial charge in [-0.25, -0.2) is 0 Å². The van der Waals surface area contributed by atoms with Gasteiger partial charge < -0.3 is 0 Å². The van der Waals surface area contributed by atoms with Gasteiger partial charge >= 0.3 is 0 Å². The van der Waals surface area contributed by atoms with E-state index in [-0.39, 0.29) is 0 Å². The summed E-state index contributed by atoms with van der Waals surface area (Å²) in [7, 11) is 0. The minimum Gasteiger partial charge on any atom is -0.271 e. The molecule has 0 aromatic rings. The number of hydrogen-bond donors (Lipinski definition) is 2. The molecule has 14 heavy (non-hydrogen) atoms. The topological polar surface area (TPSA) is 38.0 Å². The highest BCUT2D eigenvalue weighted by Crippen LogP contribution is 2.17. The number of hydrogen-bond acceptors (Lipinski definition) is 2. The fraction of sp³-hybridized carbons (Fsp3) is 1.00. The summed E-state index contributed by atoms with van der Waals surface area (Å²) in [4.78, 5) is 0. The molecule has 0 aliphatic carbocycles. The van der Waals surface area contributed by atoms with Crippen LogP contribution in [-0.4, -0.2) is 6.04 Å². The molecule has 0 heterocycles. The summed E-state index contributed by atoms with van der Waals surface area (Å²) in [5, 5.41) is 0. The van der Waals surface area contributed by atoms with Crippen LogP contribution in [0.2, 0.25) is 0 Å². The van der Waals surface area contributed by atoms with Crippen molar-refractivity contribution < 1.29 is 0 Å². The number of nitrogens with one attached hydrogen (secondary N) is 1. The van der Waals surface area contributed by atoms with E-state index in [2.05, 4.69) is 26.2 Å². The van der Waals surface area contributed by atoms with Crippen LogP contribution >= 0.6 is 0 Å². The van der Waals surface area contributed by atoms with Gasteiger partial charge in [0.1, 0.15) is 0 Å². The second kappa shape index (κ2) is 9.47.